The summed E-state index contributed by atoms with van der Waals surface area (Å²) in [6, 6.07) is 0. The molecule has 0 bridgehead atoms. The Morgan fingerprint density at radius 2 is 0.570 bits per heavy atom. The molecule has 0 saturated heterocycles. The summed E-state index contributed by atoms with van der Waals surface area (Å²) >= 11 is 0. The highest BCUT2D eigenvalue weighted by molar-refractivity contribution is 7.45. The number of rotatable bonds is 67. The highest BCUT2D eigenvalue weighted by Gasteiger charge is 2.22. The number of nitrogens with zero attached hydrogens (tertiary/aromatic N) is 1. The Bertz CT molecular complexity index is 1290. The molecule has 0 aliphatic rings. The van der Waals surface area contributed by atoms with Crippen LogP contribution < -0.4 is 4.89 Å². The summed E-state index contributed by atoms with van der Waals surface area (Å²) in [7, 11) is 1.20. The molecule has 0 aliphatic heterocycles. The van der Waals surface area contributed by atoms with Gasteiger partial charge >= 0.3 is 11.9 Å². The van der Waals surface area contributed by atoms with Gasteiger partial charge in [-0.05, 0) is 12.8 Å². The van der Waals surface area contributed by atoms with Crippen LogP contribution in [0.2, 0.25) is 0 Å². The number of quaternary nitrogens is 1. The van der Waals surface area contributed by atoms with E-state index in [0.29, 0.717) is 17.4 Å². The van der Waals surface area contributed by atoms with E-state index in [1.54, 1.807) is 0 Å². The van der Waals surface area contributed by atoms with Crippen LogP contribution in [0.1, 0.15) is 380 Å². The zero-order valence-electron chi connectivity index (χ0n) is 53.9. The number of carbonyl (C=O) groups excluding carboxylic acids is 2. The first kappa shape index (κ1) is 78.0. The van der Waals surface area contributed by atoms with Gasteiger partial charge in [-0.2, -0.15) is 0 Å². The molecule has 0 fully saturated rings. The number of esters is 2. The van der Waals surface area contributed by atoms with Crippen LogP contribution in [-0.2, 0) is 32.7 Å². The zero-order chi connectivity index (χ0) is 57.7. The summed E-state index contributed by atoms with van der Waals surface area (Å²) in [4.78, 5) is 38.0. The number of carbonyl (C=O) groups is 2. The van der Waals surface area contributed by atoms with E-state index < -0.39 is 26.5 Å². The number of hydrogen-bond acceptors (Lipinski definition) is 8. The summed E-state index contributed by atoms with van der Waals surface area (Å²) in [5, 5.41) is 0. The Hall–Kier alpha value is -0.990. The molecule has 10 heteroatoms. The van der Waals surface area contributed by atoms with Gasteiger partial charge < -0.3 is 27.9 Å². The van der Waals surface area contributed by atoms with E-state index in [1.165, 1.54) is 315 Å². The zero-order valence-corrected chi connectivity index (χ0v) is 54.8. The van der Waals surface area contributed by atoms with Gasteiger partial charge in [0.25, 0.3) is 7.82 Å². The van der Waals surface area contributed by atoms with Gasteiger partial charge in [0.15, 0.2) is 6.10 Å². The molecule has 9 nitrogen and oxygen atoms in total. The van der Waals surface area contributed by atoms with Gasteiger partial charge in [-0.25, -0.2) is 0 Å². The smallest absolute Gasteiger partial charge is 0.306 e. The Kier molecular flexibility index (Phi) is 60.8. The predicted molar refractivity (Wildman–Crippen MR) is 338 cm³/mol. The number of phosphoric ester groups is 1. The van der Waals surface area contributed by atoms with Gasteiger partial charge in [0.05, 0.1) is 27.7 Å². The van der Waals surface area contributed by atoms with Gasteiger partial charge in [-0.1, -0.05) is 354 Å². The fourth-order valence-corrected chi connectivity index (χ4v) is 11.7. The quantitative estimate of drug-likeness (QED) is 0.0256. The SMILES string of the molecule is CCCCCCCCCCCCCCCCCCCCCCCCCCCCCCCC(=O)OC(COC(=O)CCCCCCCCCCCCCCCCCCCCCCCCCCCC)COP(=O)([O-])OCC[N+](C)(C)C. The average Bonchev–Trinajstić information content (AvgIpc) is 3.41. The van der Waals surface area contributed by atoms with Crippen LogP contribution in [0.25, 0.3) is 0 Å². The van der Waals surface area contributed by atoms with Crippen molar-refractivity contribution in [2.45, 2.75) is 386 Å². The lowest BCUT2D eigenvalue weighted by molar-refractivity contribution is -0.870. The number of phosphoric acid groups is 1. The standard InChI is InChI=1S/C69H138NO8P/c1-6-8-10-12-14-16-18-20-22-24-26-28-30-32-34-35-36-38-40-42-44-46-48-50-52-54-56-58-60-62-69(72)78-67(66-77-79(73,74)76-64-63-70(3,4)5)65-75-68(71)61-59-57-55-53-51-49-47-45-43-41-39-37-33-31-29-27-25-23-21-19-17-15-13-11-9-7-2/h67H,6-66H2,1-5H3. The first-order chi connectivity index (χ1) is 38.5. The lowest BCUT2D eigenvalue weighted by Gasteiger charge is -2.28. The molecular formula is C69H138NO8P. The second-order valence-corrected chi connectivity index (χ2v) is 27.0. The number of unbranched alkanes of at least 4 members (excludes halogenated alkanes) is 53. The molecule has 472 valence electrons. The third kappa shape index (κ3) is 66.0. The van der Waals surface area contributed by atoms with Crippen molar-refractivity contribution < 1.29 is 42.1 Å². The summed E-state index contributed by atoms with van der Waals surface area (Å²) in [5.74, 6) is -0.803. The summed E-state index contributed by atoms with van der Waals surface area (Å²) in [5.41, 5.74) is 0. The Morgan fingerprint density at radius 1 is 0.342 bits per heavy atom. The van der Waals surface area contributed by atoms with E-state index in [0.717, 1.165) is 32.1 Å². The van der Waals surface area contributed by atoms with E-state index in [2.05, 4.69) is 13.8 Å². The second-order valence-electron chi connectivity index (χ2n) is 25.6. The van der Waals surface area contributed by atoms with Crippen molar-refractivity contribution in [1.82, 2.24) is 0 Å². The topological polar surface area (TPSA) is 111 Å². The number of likely N-dealkylation sites (N-methyl/N-ethyl adjacent to an activating group) is 1. The molecule has 0 aromatic rings. The minimum Gasteiger partial charge on any atom is -0.756 e. The van der Waals surface area contributed by atoms with E-state index in [4.69, 9.17) is 18.5 Å². The van der Waals surface area contributed by atoms with Crippen molar-refractivity contribution in [1.29, 1.82) is 0 Å². The molecule has 0 amide bonds. The van der Waals surface area contributed by atoms with Gasteiger partial charge in [0.2, 0.25) is 0 Å². The van der Waals surface area contributed by atoms with Gasteiger partial charge in [0, 0.05) is 12.8 Å². The molecule has 79 heavy (non-hydrogen) atoms. The molecule has 2 atom stereocenters. The van der Waals surface area contributed by atoms with E-state index in [-0.39, 0.29) is 32.0 Å². The first-order valence-electron chi connectivity index (χ1n) is 35.2. The summed E-state index contributed by atoms with van der Waals surface area (Å²) in [6.45, 7) is 4.34. The van der Waals surface area contributed by atoms with Crippen molar-refractivity contribution in [3.63, 3.8) is 0 Å². The molecular weight excluding hydrogens is 1000 g/mol. The van der Waals surface area contributed by atoms with Crippen LogP contribution in [0.15, 0.2) is 0 Å². The Morgan fingerprint density at radius 3 is 0.810 bits per heavy atom. The molecule has 0 rings (SSSR count). The van der Waals surface area contributed by atoms with Crippen molar-refractivity contribution in [3.05, 3.63) is 0 Å². The minimum absolute atomic E-state index is 0.0248. The van der Waals surface area contributed by atoms with Crippen molar-refractivity contribution >= 4 is 19.8 Å². The maximum absolute atomic E-state index is 12.9. The highest BCUT2D eigenvalue weighted by Crippen LogP contribution is 2.38. The highest BCUT2D eigenvalue weighted by atomic mass is 31.2. The first-order valence-corrected chi connectivity index (χ1v) is 36.7. The minimum atomic E-state index is -4.63. The van der Waals surface area contributed by atoms with E-state index >= 15 is 0 Å². The molecule has 0 aliphatic carbocycles. The molecule has 0 spiro atoms. The van der Waals surface area contributed by atoms with Crippen molar-refractivity contribution in [3.8, 4) is 0 Å². The molecule has 2 unspecified atom stereocenters. The van der Waals surface area contributed by atoms with Gasteiger partial charge in [0.1, 0.15) is 19.8 Å². The van der Waals surface area contributed by atoms with E-state index in [9.17, 15) is 19.0 Å². The lowest BCUT2D eigenvalue weighted by Crippen LogP contribution is -2.37. The third-order valence-electron chi connectivity index (χ3n) is 16.4. The van der Waals surface area contributed by atoms with Crippen molar-refractivity contribution in [2.75, 3.05) is 47.5 Å². The van der Waals surface area contributed by atoms with Crippen molar-refractivity contribution in [2.24, 2.45) is 0 Å². The van der Waals surface area contributed by atoms with Crippen LogP contribution in [0.4, 0.5) is 0 Å². The maximum atomic E-state index is 12.9. The van der Waals surface area contributed by atoms with Crippen LogP contribution in [0.3, 0.4) is 0 Å². The summed E-state index contributed by atoms with van der Waals surface area (Å²) < 4.78 is 34.3. The predicted octanol–water partition coefficient (Wildman–Crippen LogP) is 21.9. The van der Waals surface area contributed by atoms with E-state index in [1.807, 2.05) is 21.1 Å². The largest absolute Gasteiger partial charge is 0.756 e. The van der Waals surface area contributed by atoms with Crippen LogP contribution >= 0.6 is 7.82 Å². The molecule has 0 heterocycles. The molecule has 0 N–H and O–H groups in total. The third-order valence-corrected chi connectivity index (χ3v) is 17.3. The Labute approximate surface area is 493 Å². The van der Waals surface area contributed by atoms with Crippen LogP contribution in [0.5, 0.6) is 0 Å². The molecule has 0 aromatic carbocycles. The monoisotopic (exact) mass is 1140 g/mol. The normalized spacial score (nSPS) is 13.0. The van der Waals surface area contributed by atoms with Gasteiger partial charge in [-0.15, -0.1) is 0 Å². The Balaban J connectivity index is 3.97. The van der Waals surface area contributed by atoms with Crippen LogP contribution in [0, 0.1) is 0 Å². The number of hydrogen-bond donors (Lipinski definition) is 0. The lowest BCUT2D eigenvalue weighted by atomic mass is 10.0. The van der Waals surface area contributed by atoms with Gasteiger partial charge in [-0.3, -0.25) is 14.2 Å². The second kappa shape index (κ2) is 61.6. The van der Waals surface area contributed by atoms with Crippen LogP contribution in [-0.4, -0.2) is 70.0 Å². The summed E-state index contributed by atoms with van der Waals surface area (Å²) in [6.07, 6.45) is 73.4. The molecule has 0 aromatic heterocycles. The number of ether oxygens (including phenoxy) is 2. The average molecular weight is 1140 g/mol. The fourth-order valence-electron chi connectivity index (χ4n) is 11.0. The maximum Gasteiger partial charge on any atom is 0.306 e. The fraction of sp³-hybridized carbons (Fsp3) is 0.971. The molecule has 0 radical (unpaired) electrons. The molecule has 0 saturated carbocycles.